The molecule has 0 spiro atoms. The largest absolute Gasteiger partial charge is 0.496 e. The minimum absolute atomic E-state index is 0.0262. The second-order valence-corrected chi connectivity index (χ2v) is 7.28. The van der Waals surface area contributed by atoms with E-state index in [0.717, 1.165) is 34.3 Å². The number of anilines is 2. The molecule has 30 heavy (non-hydrogen) atoms. The molecule has 1 heterocycles. The zero-order valence-electron chi connectivity index (χ0n) is 17.8. The number of nitrogens with zero attached hydrogens (tertiary/aromatic N) is 1. The molecule has 0 bridgehead atoms. The van der Waals surface area contributed by atoms with Gasteiger partial charge >= 0.3 is 0 Å². The van der Waals surface area contributed by atoms with Crippen LogP contribution in [-0.2, 0) is 11.2 Å². The van der Waals surface area contributed by atoms with Crippen LogP contribution in [0.15, 0.2) is 48.7 Å². The Balaban J connectivity index is 2.11. The predicted molar refractivity (Wildman–Crippen MR) is 121 cm³/mol. The van der Waals surface area contributed by atoms with Crippen molar-refractivity contribution in [3.63, 3.8) is 0 Å². The molecule has 0 aliphatic heterocycles. The third kappa shape index (κ3) is 4.85. The number of rotatable bonds is 10. The van der Waals surface area contributed by atoms with E-state index in [1.54, 1.807) is 13.3 Å². The number of hydrogen-bond donors (Lipinski definition) is 1. The summed E-state index contributed by atoms with van der Waals surface area (Å²) in [6.07, 6.45) is 4.53. The van der Waals surface area contributed by atoms with Gasteiger partial charge < -0.3 is 10.1 Å². The normalized spacial score (nSPS) is 10.8. The Hall–Kier alpha value is -3.21. The van der Waals surface area contributed by atoms with Gasteiger partial charge in [0.2, 0.25) is 0 Å². The lowest BCUT2D eigenvalue weighted by atomic mass is 9.99. The molecule has 3 aromatic rings. The van der Waals surface area contributed by atoms with E-state index in [-0.39, 0.29) is 11.6 Å². The Kier molecular flexibility index (Phi) is 7.17. The summed E-state index contributed by atoms with van der Waals surface area (Å²) in [5.74, 6) is 0.980. The minimum atomic E-state index is 0.0262. The van der Waals surface area contributed by atoms with Crippen molar-refractivity contribution in [1.82, 2.24) is 4.98 Å². The van der Waals surface area contributed by atoms with E-state index in [2.05, 4.69) is 10.3 Å². The van der Waals surface area contributed by atoms with Crippen LogP contribution in [0, 0.1) is 0 Å². The number of benzene rings is 2. The molecule has 0 aliphatic carbocycles. The maximum atomic E-state index is 12.6. The number of aromatic nitrogens is 1. The van der Waals surface area contributed by atoms with Crippen LogP contribution >= 0.6 is 0 Å². The molecule has 5 heteroatoms. The third-order valence-electron chi connectivity index (χ3n) is 5.14. The Morgan fingerprint density at radius 1 is 1.07 bits per heavy atom. The number of para-hydroxylation sites is 1. The van der Waals surface area contributed by atoms with Crippen molar-refractivity contribution in [1.29, 1.82) is 0 Å². The quantitative estimate of drug-likeness (QED) is 0.427. The van der Waals surface area contributed by atoms with Crippen LogP contribution in [0.2, 0.25) is 0 Å². The Morgan fingerprint density at radius 2 is 1.83 bits per heavy atom. The number of carbonyl (C=O) groups excluding carboxylic acids is 2. The average Bonchev–Trinajstić information content (AvgIpc) is 2.77. The summed E-state index contributed by atoms with van der Waals surface area (Å²) in [5, 5.41) is 4.26. The number of ether oxygens (including phenoxy) is 1. The molecule has 0 radical (unpaired) electrons. The highest BCUT2D eigenvalue weighted by atomic mass is 16.5. The molecule has 5 nitrogen and oxygen atoms in total. The molecule has 3 rings (SSSR count). The molecule has 1 N–H and O–H groups in total. The van der Waals surface area contributed by atoms with Crippen LogP contribution in [0.4, 0.5) is 11.4 Å². The highest BCUT2D eigenvalue weighted by molar-refractivity contribution is 6.09. The fourth-order valence-corrected chi connectivity index (χ4v) is 3.53. The van der Waals surface area contributed by atoms with Crippen molar-refractivity contribution in [2.24, 2.45) is 0 Å². The Bertz CT molecular complexity index is 1050. The van der Waals surface area contributed by atoms with Gasteiger partial charge in [-0.25, -0.2) is 0 Å². The summed E-state index contributed by atoms with van der Waals surface area (Å²) in [6, 6.07) is 13.6. The van der Waals surface area contributed by atoms with Crippen LogP contribution in [0.3, 0.4) is 0 Å². The van der Waals surface area contributed by atoms with E-state index in [1.807, 2.05) is 56.3 Å². The molecule has 0 aliphatic rings. The van der Waals surface area contributed by atoms with Crippen LogP contribution in [-0.4, -0.2) is 23.7 Å². The summed E-state index contributed by atoms with van der Waals surface area (Å²) < 4.78 is 5.56. The first kappa shape index (κ1) is 21.5. The van der Waals surface area contributed by atoms with Crippen molar-refractivity contribution in [2.75, 3.05) is 12.4 Å². The monoisotopic (exact) mass is 404 g/mol. The lowest BCUT2D eigenvalue weighted by molar-refractivity contribution is -0.119. The molecule has 0 amide bonds. The zero-order valence-corrected chi connectivity index (χ0v) is 17.8. The second-order valence-electron chi connectivity index (χ2n) is 7.28. The molecule has 0 saturated heterocycles. The SMILES string of the molecule is CCCC(=O)CCc1cc2c(Nc3ccccc3)c(C(=O)CC)cnc2cc1OC. The maximum absolute atomic E-state index is 12.6. The van der Waals surface area contributed by atoms with Gasteiger partial charge in [0.15, 0.2) is 5.78 Å². The number of fused-ring (bicyclic) bond motifs is 1. The molecule has 0 fully saturated rings. The average molecular weight is 405 g/mol. The number of carbonyl (C=O) groups is 2. The minimum Gasteiger partial charge on any atom is -0.496 e. The van der Waals surface area contributed by atoms with Gasteiger partial charge in [-0.2, -0.15) is 0 Å². The van der Waals surface area contributed by atoms with Crippen LogP contribution in [0.5, 0.6) is 5.75 Å². The van der Waals surface area contributed by atoms with E-state index in [9.17, 15) is 9.59 Å². The van der Waals surface area contributed by atoms with E-state index in [1.165, 1.54) is 0 Å². The van der Waals surface area contributed by atoms with Gasteiger partial charge in [-0.3, -0.25) is 14.6 Å². The molecule has 0 atom stereocenters. The number of nitrogens with one attached hydrogen (secondary N) is 1. The number of hydrogen-bond acceptors (Lipinski definition) is 5. The van der Waals surface area contributed by atoms with Crippen molar-refractivity contribution < 1.29 is 14.3 Å². The number of ketones is 2. The summed E-state index contributed by atoms with van der Waals surface area (Å²) in [5.41, 5.74) is 3.87. The zero-order chi connectivity index (χ0) is 21.5. The molecule has 0 saturated carbocycles. The molecular weight excluding hydrogens is 376 g/mol. The number of methoxy groups -OCH3 is 1. The first-order chi connectivity index (χ1) is 14.6. The molecule has 1 aromatic heterocycles. The number of Topliss-reactive ketones (excluding diaryl/α,β-unsaturated/α-hetero) is 2. The fraction of sp³-hybridized carbons (Fsp3) is 0.320. The summed E-state index contributed by atoms with van der Waals surface area (Å²) in [4.78, 5) is 29.2. The van der Waals surface area contributed by atoms with Crippen molar-refractivity contribution in [3.8, 4) is 5.75 Å². The van der Waals surface area contributed by atoms with Gasteiger partial charge in [-0.05, 0) is 36.6 Å². The van der Waals surface area contributed by atoms with Crippen LogP contribution < -0.4 is 10.1 Å². The lowest BCUT2D eigenvalue weighted by Gasteiger charge is -2.16. The third-order valence-corrected chi connectivity index (χ3v) is 5.14. The smallest absolute Gasteiger partial charge is 0.166 e. The van der Waals surface area contributed by atoms with Crippen LogP contribution in [0.25, 0.3) is 10.9 Å². The fourth-order valence-electron chi connectivity index (χ4n) is 3.53. The van der Waals surface area contributed by atoms with Gasteiger partial charge in [0.05, 0.1) is 23.9 Å². The second kappa shape index (κ2) is 10.0. The number of aryl methyl sites for hydroxylation is 1. The summed E-state index contributed by atoms with van der Waals surface area (Å²) in [6.45, 7) is 3.85. The Labute approximate surface area is 177 Å². The van der Waals surface area contributed by atoms with Crippen molar-refractivity contribution >= 4 is 33.8 Å². The van der Waals surface area contributed by atoms with E-state index < -0.39 is 0 Å². The number of pyridine rings is 1. The lowest BCUT2D eigenvalue weighted by Crippen LogP contribution is -2.06. The summed E-state index contributed by atoms with van der Waals surface area (Å²) >= 11 is 0. The Morgan fingerprint density at radius 3 is 2.50 bits per heavy atom. The van der Waals surface area contributed by atoms with E-state index in [0.29, 0.717) is 37.0 Å². The predicted octanol–water partition coefficient (Wildman–Crippen LogP) is 5.88. The van der Waals surface area contributed by atoms with Gasteiger partial charge in [-0.15, -0.1) is 0 Å². The molecule has 156 valence electrons. The standard InChI is InChI=1S/C25H28N2O3/c1-4-9-19(28)13-12-17-14-20-22(15-24(17)30-3)26-16-21(23(29)5-2)25(20)27-18-10-7-6-8-11-18/h6-8,10-11,14-16H,4-5,9,12-13H2,1-3H3,(H,26,27). The van der Waals surface area contributed by atoms with E-state index >= 15 is 0 Å². The molecule has 0 unspecified atom stereocenters. The first-order valence-electron chi connectivity index (χ1n) is 10.4. The maximum Gasteiger partial charge on any atom is 0.166 e. The van der Waals surface area contributed by atoms with E-state index in [4.69, 9.17) is 4.74 Å². The van der Waals surface area contributed by atoms with Gasteiger partial charge in [0, 0.05) is 42.6 Å². The van der Waals surface area contributed by atoms with Crippen molar-refractivity contribution in [3.05, 3.63) is 59.8 Å². The molecule has 2 aromatic carbocycles. The van der Waals surface area contributed by atoms with Gasteiger partial charge in [-0.1, -0.05) is 32.0 Å². The van der Waals surface area contributed by atoms with Crippen LogP contribution in [0.1, 0.15) is 55.5 Å². The van der Waals surface area contributed by atoms with Crippen molar-refractivity contribution in [2.45, 2.75) is 46.0 Å². The topological polar surface area (TPSA) is 68.3 Å². The van der Waals surface area contributed by atoms with Gasteiger partial charge in [0.25, 0.3) is 0 Å². The summed E-state index contributed by atoms with van der Waals surface area (Å²) in [7, 11) is 1.62. The molecular formula is C25H28N2O3. The van der Waals surface area contributed by atoms with Gasteiger partial charge in [0.1, 0.15) is 11.5 Å². The highest BCUT2D eigenvalue weighted by Gasteiger charge is 2.17. The first-order valence-corrected chi connectivity index (χ1v) is 10.4. The highest BCUT2D eigenvalue weighted by Crippen LogP contribution is 2.34.